The average Bonchev–Trinajstić information content (AvgIpc) is 3.17. The molecular formula is C26H42N4O2Si2. The van der Waals surface area contributed by atoms with Crippen LogP contribution in [0.2, 0.25) is 38.3 Å². The zero-order valence-electron chi connectivity index (χ0n) is 22.0. The Morgan fingerprint density at radius 2 is 1.26 bits per heavy atom. The molecule has 0 unspecified atom stereocenters. The Kier molecular flexibility index (Phi) is 10.8. The van der Waals surface area contributed by atoms with Gasteiger partial charge in [-0.1, -0.05) is 24.3 Å². The molecule has 0 amide bonds. The summed E-state index contributed by atoms with van der Waals surface area (Å²) in [5.41, 5.74) is 0.155. The van der Waals surface area contributed by atoms with Crippen LogP contribution in [-0.2, 0) is 8.85 Å². The number of benzene rings is 1. The normalized spacial score (nSPS) is 14.3. The van der Waals surface area contributed by atoms with Crippen LogP contribution in [0, 0.1) is 22.7 Å². The van der Waals surface area contributed by atoms with Crippen LogP contribution >= 0.6 is 0 Å². The molecule has 1 heterocycles. The lowest BCUT2D eigenvalue weighted by molar-refractivity contribution is 0.324. The van der Waals surface area contributed by atoms with Gasteiger partial charge in [0.1, 0.15) is 23.5 Å². The predicted molar refractivity (Wildman–Crippen MR) is 144 cm³/mol. The molecule has 0 saturated carbocycles. The van der Waals surface area contributed by atoms with Crippen molar-refractivity contribution in [3.8, 4) is 12.1 Å². The van der Waals surface area contributed by atoms with Gasteiger partial charge in [0.25, 0.3) is 0 Å². The summed E-state index contributed by atoms with van der Waals surface area (Å²) in [4.78, 5) is 5.02. The number of nitriles is 2. The molecule has 1 fully saturated rings. The van der Waals surface area contributed by atoms with E-state index in [9.17, 15) is 10.5 Å². The maximum Gasteiger partial charge on any atom is 0.186 e. The first-order chi connectivity index (χ1) is 16.2. The molecule has 2 rings (SSSR count). The van der Waals surface area contributed by atoms with Gasteiger partial charge in [0, 0.05) is 49.8 Å². The van der Waals surface area contributed by atoms with Crippen molar-refractivity contribution in [1.82, 2.24) is 9.80 Å². The highest BCUT2D eigenvalue weighted by atomic mass is 28.4. The van der Waals surface area contributed by atoms with E-state index in [1.54, 1.807) is 0 Å². The summed E-state index contributed by atoms with van der Waals surface area (Å²) in [5.74, 6) is 1.27. The molecule has 0 spiro atoms. The van der Waals surface area contributed by atoms with Crippen molar-refractivity contribution in [1.29, 1.82) is 10.5 Å². The van der Waals surface area contributed by atoms with E-state index in [-0.39, 0.29) is 5.57 Å². The molecule has 0 aliphatic carbocycles. The Bertz CT molecular complexity index is 938. The summed E-state index contributed by atoms with van der Waals surface area (Å²) in [7, 11) is -3.19. The molecule has 1 aliphatic rings. The quantitative estimate of drug-likeness (QED) is 0.408. The maximum absolute atomic E-state index is 9.20. The van der Waals surface area contributed by atoms with Crippen molar-refractivity contribution >= 4 is 28.0 Å². The number of rotatable bonds is 12. The summed E-state index contributed by atoms with van der Waals surface area (Å²) in [6.07, 6.45) is 2.25. The zero-order valence-corrected chi connectivity index (χ0v) is 24.0. The second kappa shape index (κ2) is 13.1. The van der Waals surface area contributed by atoms with Gasteiger partial charge in [-0.25, -0.2) is 0 Å². The molecular weight excluding hydrogens is 456 g/mol. The topological polar surface area (TPSA) is 72.5 Å². The van der Waals surface area contributed by atoms with Crippen LogP contribution in [0.15, 0.2) is 24.3 Å². The number of hydrogen-bond acceptors (Lipinski definition) is 6. The van der Waals surface area contributed by atoms with Crippen molar-refractivity contribution < 1.29 is 8.85 Å². The van der Waals surface area contributed by atoms with Gasteiger partial charge in [0.2, 0.25) is 0 Å². The molecule has 186 valence electrons. The van der Waals surface area contributed by atoms with Crippen LogP contribution in [0.1, 0.15) is 26.7 Å². The minimum atomic E-state index is -1.59. The van der Waals surface area contributed by atoms with Crippen molar-refractivity contribution in [2.24, 2.45) is 0 Å². The molecule has 1 aliphatic heterocycles. The number of nitrogens with zero attached hydrogens (tertiary/aromatic N) is 4. The summed E-state index contributed by atoms with van der Waals surface area (Å²) >= 11 is 0. The standard InChI is InChI=1S/C26H42N4O2Si2/c1-7-31-33(3,4)19-9-15-29-17-18-30(16-10-20-34(5,6)32-8-2)26(29)24-13-11-23(12-14-24)25(21-27)22-28/h11-14H,7-10,15-20H2,1-6H3. The third kappa shape index (κ3) is 8.28. The van der Waals surface area contributed by atoms with E-state index in [1.165, 1.54) is 5.82 Å². The van der Waals surface area contributed by atoms with Crippen LogP contribution in [0.25, 0.3) is 11.4 Å². The molecule has 0 N–H and O–H groups in total. The second-order valence-electron chi connectivity index (χ2n) is 10.1. The van der Waals surface area contributed by atoms with Gasteiger partial charge in [0.15, 0.2) is 16.6 Å². The molecule has 1 aromatic rings. The largest absolute Gasteiger partial charge is 0.418 e. The molecule has 0 aromatic heterocycles. The van der Waals surface area contributed by atoms with E-state index in [1.807, 2.05) is 24.3 Å². The summed E-state index contributed by atoms with van der Waals surface area (Å²) in [6.45, 7) is 19.1. The minimum Gasteiger partial charge on any atom is -0.418 e. The van der Waals surface area contributed by atoms with Crippen molar-refractivity contribution in [3.63, 3.8) is 0 Å². The smallest absolute Gasteiger partial charge is 0.186 e. The lowest BCUT2D eigenvalue weighted by atomic mass is 10.2. The Labute approximate surface area is 208 Å². The number of hydrogen-bond donors (Lipinski definition) is 0. The fraction of sp³-hybridized carbons (Fsp3) is 0.615. The lowest BCUT2D eigenvalue weighted by Crippen LogP contribution is -2.34. The van der Waals surface area contributed by atoms with E-state index in [0.29, 0.717) is 5.22 Å². The first-order valence-corrected chi connectivity index (χ1v) is 18.8. The van der Waals surface area contributed by atoms with Crippen LogP contribution in [0.4, 0.5) is 0 Å². The van der Waals surface area contributed by atoms with Crippen LogP contribution < -0.4 is 10.4 Å². The third-order valence-electron chi connectivity index (χ3n) is 6.38. The van der Waals surface area contributed by atoms with Gasteiger partial charge in [-0.2, -0.15) is 10.5 Å². The van der Waals surface area contributed by atoms with E-state index in [0.717, 1.165) is 69.5 Å². The van der Waals surface area contributed by atoms with Crippen molar-refractivity contribution in [2.75, 3.05) is 39.4 Å². The van der Waals surface area contributed by atoms with Gasteiger partial charge < -0.3 is 18.7 Å². The molecule has 0 atom stereocenters. The molecule has 34 heavy (non-hydrogen) atoms. The van der Waals surface area contributed by atoms with Crippen LogP contribution in [-0.4, -0.2) is 65.8 Å². The summed E-state index contributed by atoms with van der Waals surface area (Å²) in [5, 5.41) is 20.2. The predicted octanol–water partition coefficient (Wildman–Crippen LogP) is 3.83. The summed E-state index contributed by atoms with van der Waals surface area (Å²) < 4.78 is 12.1. The van der Waals surface area contributed by atoms with E-state index in [4.69, 9.17) is 8.85 Å². The van der Waals surface area contributed by atoms with Crippen LogP contribution in [0.3, 0.4) is 0 Å². The molecule has 6 nitrogen and oxygen atoms in total. The Hall–Kier alpha value is -2.11. The van der Waals surface area contributed by atoms with E-state index in [2.05, 4.69) is 62.0 Å². The zero-order chi connectivity index (χ0) is 25.2. The summed E-state index contributed by atoms with van der Waals surface area (Å²) in [6, 6.07) is 14.2. The minimum absolute atomic E-state index is 0.155. The highest BCUT2D eigenvalue weighted by Gasteiger charge is 2.28. The Morgan fingerprint density at radius 1 is 0.824 bits per heavy atom. The average molecular weight is 499 g/mol. The molecule has 0 bridgehead atoms. The Morgan fingerprint density at radius 3 is 1.65 bits per heavy atom. The molecule has 1 aromatic carbocycles. The van der Waals surface area contributed by atoms with Gasteiger partial charge >= 0.3 is 0 Å². The third-order valence-corrected chi connectivity index (χ3v) is 11.6. The highest BCUT2D eigenvalue weighted by Crippen LogP contribution is 2.23. The molecule has 8 heteroatoms. The SMILES string of the molecule is CCO[Si](C)(C)CCCN1CCN(CCC[Si](C)(C)OCC)C1=c1ccc(=C(C#N)C#N)cc1. The van der Waals surface area contributed by atoms with Gasteiger partial charge in [0.05, 0.1) is 0 Å². The molecule has 1 saturated heterocycles. The van der Waals surface area contributed by atoms with Gasteiger partial charge in [-0.15, -0.1) is 0 Å². The monoisotopic (exact) mass is 498 g/mol. The first kappa shape index (κ1) is 28.1. The van der Waals surface area contributed by atoms with E-state index >= 15 is 0 Å². The van der Waals surface area contributed by atoms with Crippen molar-refractivity contribution in [2.45, 2.75) is 65.0 Å². The molecule has 0 radical (unpaired) electrons. The fourth-order valence-corrected chi connectivity index (χ4v) is 8.58. The maximum atomic E-state index is 9.20. The Balaban J connectivity index is 2.26. The van der Waals surface area contributed by atoms with Crippen LogP contribution in [0.5, 0.6) is 0 Å². The van der Waals surface area contributed by atoms with Crippen molar-refractivity contribution in [3.05, 3.63) is 34.7 Å². The van der Waals surface area contributed by atoms with Gasteiger partial charge in [-0.05, 0) is 65.0 Å². The second-order valence-corrected chi connectivity index (χ2v) is 18.7. The fourth-order valence-electron chi connectivity index (χ4n) is 4.71. The lowest BCUT2D eigenvalue weighted by Gasteiger charge is -2.28. The van der Waals surface area contributed by atoms with Gasteiger partial charge in [-0.3, -0.25) is 0 Å². The first-order valence-electron chi connectivity index (χ1n) is 12.6. The highest BCUT2D eigenvalue weighted by molar-refractivity contribution is 6.71. The van der Waals surface area contributed by atoms with E-state index < -0.39 is 16.6 Å².